The van der Waals surface area contributed by atoms with Crippen molar-refractivity contribution in [2.24, 2.45) is 0 Å². The number of carbonyl (C=O) groups is 2. The van der Waals surface area contributed by atoms with Crippen LogP contribution in [-0.2, 0) is 21.7 Å². The minimum atomic E-state index is -1.10. The number of hydrogen-bond acceptors (Lipinski definition) is 4. The summed E-state index contributed by atoms with van der Waals surface area (Å²) in [6, 6.07) is 16.1. The van der Waals surface area contributed by atoms with E-state index < -0.39 is 5.54 Å². The Morgan fingerprint density at radius 2 is 1.92 bits per heavy atom. The second-order valence-electron chi connectivity index (χ2n) is 9.71. The Morgan fingerprint density at radius 3 is 2.72 bits per heavy atom. The van der Waals surface area contributed by atoms with Crippen LogP contribution < -0.4 is 4.74 Å². The minimum Gasteiger partial charge on any atom is -0.496 e. The van der Waals surface area contributed by atoms with Gasteiger partial charge in [0.1, 0.15) is 5.75 Å². The molecule has 0 radical (unpaired) electrons. The third-order valence-electron chi connectivity index (χ3n) is 7.74. The Bertz CT molecular complexity index is 1440. The van der Waals surface area contributed by atoms with Gasteiger partial charge in [-0.3, -0.25) is 9.59 Å². The van der Waals surface area contributed by atoms with Crippen molar-refractivity contribution in [2.45, 2.75) is 31.3 Å². The molecule has 6 rings (SSSR count). The van der Waals surface area contributed by atoms with E-state index >= 15 is 0 Å². The molecule has 1 saturated heterocycles. The molecule has 4 heterocycles. The van der Waals surface area contributed by atoms with Crippen molar-refractivity contribution in [3.05, 3.63) is 84.1 Å². The van der Waals surface area contributed by atoms with Crippen molar-refractivity contribution in [3.8, 4) is 5.75 Å². The number of methoxy groups -OCH3 is 1. The largest absolute Gasteiger partial charge is 0.496 e. The zero-order valence-electron chi connectivity index (χ0n) is 20.5. The zero-order valence-corrected chi connectivity index (χ0v) is 20.5. The number of benzene rings is 2. The number of imidazole rings is 1. The summed E-state index contributed by atoms with van der Waals surface area (Å²) in [5.41, 5.74) is 2.73. The van der Waals surface area contributed by atoms with Gasteiger partial charge in [-0.25, -0.2) is 4.98 Å². The molecular formula is C28H29N5O3. The lowest BCUT2D eigenvalue weighted by Crippen LogP contribution is -2.67. The van der Waals surface area contributed by atoms with Gasteiger partial charge in [-0.1, -0.05) is 36.4 Å². The third-order valence-corrected chi connectivity index (χ3v) is 7.74. The van der Waals surface area contributed by atoms with Crippen LogP contribution >= 0.6 is 0 Å². The number of aryl methyl sites for hydroxylation is 1. The molecule has 8 nitrogen and oxygen atoms in total. The number of amides is 2. The average Bonchev–Trinajstić information content (AvgIpc) is 3.56. The normalized spacial score (nSPS) is 21.6. The Morgan fingerprint density at radius 1 is 1.11 bits per heavy atom. The number of ether oxygens (including phenoxy) is 1. The summed E-state index contributed by atoms with van der Waals surface area (Å²) in [5, 5.41) is 1.07. The SMILES string of the molecule is COc1ccccc1[C@@H]1CN2C(=O)CN(CCCn3ccnc3)C(=O)[C@]2(C)c2[nH]c3ccccc3c21. The van der Waals surface area contributed by atoms with E-state index in [0.717, 1.165) is 46.4 Å². The van der Waals surface area contributed by atoms with Crippen LogP contribution in [0.5, 0.6) is 5.75 Å². The molecule has 0 saturated carbocycles. The molecule has 0 aliphatic carbocycles. The molecule has 0 bridgehead atoms. The quantitative estimate of drug-likeness (QED) is 0.455. The highest BCUT2D eigenvalue weighted by Gasteiger charge is 2.56. The van der Waals surface area contributed by atoms with E-state index in [2.05, 4.69) is 22.1 Å². The van der Waals surface area contributed by atoms with Crippen LogP contribution in [-0.4, -0.2) is 62.9 Å². The number of rotatable bonds is 6. The molecule has 2 aromatic carbocycles. The molecule has 2 amide bonds. The number of para-hydroxylation sites is 2. The molecule has 2 aliphatic rings. The van der Waals surface area contributed by atoms with Crippen molar-refractivity contribution in [1.82, 2.24) is 24.3 Å². The molecule has 1 N–H and O–H groups in total. The first-order chi connectivity index (χ1) is 17.5. The maximum Gasteiger partial charge on any atom is 0.254 e. The van der Waals surface area contributed by atoms with E-state index in [1.165, 1.54) is 0 Å². The number of nitrogens with zero attached hydrogens (tertiary/aromatic N) is 4. The van der Waals surface area contributed by atoms with E-state index in [4.69, 9.17) is 4.74 Å². The van der Waals surface area contributed by atoms with Crippen molar-refractivity contribution in [3.63, 3.8) is 0 Å². The van der Waals surface area contributed by atoms with Gasteiger partial charge in [-0.05, 0) is 31.0 Å². The summed E-state index contributed by atoms with van der Waals surface area (Å²) < 4.78 is 7.69. The lowest BCUT2D eigenvalue weighted by molar-refractivity contribution is -0.166. The molecule has 184 valence electrons. The number of fused-ring (bicyclic) bond motifs is 5. The van der Waals surface area contributed by atoms with Crippen LogP contribution in [0.15, 0.2) is 67.3 Å². The lowest BCUT2D eigenvalue weighted by atomic mass is 9.76. The summed E-state index contributed by atoms with van der Waals surface area (Å²) in [6.07, 6.45) is 6.16. The minimum absolute atomic E-state index is 0.0380. The van der Waals surface area contributed by atoms with Gasteiger partial charge in [-0.2, -0.15) is 0 Å². The zero-order chi connectivity index (χ0) is 24.9. The Kier molecular flexibility index (Phi) is 5.32. The van der Waals surface area contributed by atoms with E-state index in [1.54, 1.807) is 29.4 Å². The molecule has 2 atom stereocenters. The predicted octanol–water partition coefficient (Wildman–Crippen LogP) is 3.49. The van der Waals surface area contributed by atoms with Crippen molar-refractivity contribution in [2.75, 3.05) is 26.7 Å². The van der Waals surface area contributed by atoms with Gasteiger partial charge in [-0.15, -0.1) is 0 Å². The fraction of sp³-hybridized carbons (Fsp3) is 0.321. The summed E-state index contributed by atoms with van der Waals surface area (Å²) in [5.74, 6) is 0.576. The maximum absolute atomic E-state index is 14.1. The van der Waals surface area contributed by atoms with Gasteiger partial charge in [0.05, 0.1) is 25.7 Å². The molecule has 4 aromatic rings. The first kappa shape index (κ1) is 22.4. The second-order valence-corrected chi connectivity index (χ2v) is 9.71. The molecule has 1 fully saturated rings. The van der Waals surface area contributed by atoms with Crippen molar-refractivity contribution in [1.29, 1.82) is 0 Å². The maximum atomic E-state index is 14.1. The van der Waals surface area contributed by atoms with Crippen LogP contribution in [0.1, 0.15) is 36.1 Å². The van der Waals surface area contributed by atoms with Gasteiger partial charge >= 0.3 is 0 Å². The number of H-pyrrole nitrogens is 1. The molecular weight excluding hydrogens is 454 g/mol. The van der Waals surface area contributed by atoms with Crippen LogP contribution in [0.3, 0.4) is 0 Å². The number of aromatic nitrogens is 3. The summed E-state index contributed by atoms with van der Waals surface area (Å²) in [4.78, 5) is 38.8. The van der Waals surface area contributed by atoms with Crippen LogP contribution in [0.2, 0.25) is 0 Å². The number of hydrogen-bond donors (Lipinski definition) is 1. The van der Waals surface area contributed by atoms with Gasteiger partial charge < -0.3 is 24.1 Å². The summed E-state index contributed by atoms with van der Waals surface area (Å²) in [6.45, 7) is 3.65. The van der Waals surface area contributed by atoms with Gasteiger partial charge in [0.25, 0.3) is 5.91 Å². The van der Waals surface area contributed by atoms with E-state index in [1.807, 2.05) is 54.1 Å². The van der Waals surface area contributed by atoms with Gasteiger partial charge in [0.2, 0.25) is 5.91 Å². The van der Waals surface area contributed by atoms with Gasteiger partial charge in [0, 0.05) is 54.4 Å². The van der Waals surface area contributed by atoms with E-state index in [9.17, 15) is 9.59 Å². The smallest absolute Gasteiger partial charge is 0.254 e. The number of nitrogens with one attached hydrogen (secondary N) is 1. The highest BCUT2D eigenvalue weighted by atomic mass is 16.5. The Hall–Kier alpha value is -4.07. The number of aromatic amines is 1. The molecule has 36 heavy (non-hydrogen) atoms. The molecule has 2 aromatic heterocycles. The third kappa shape index (κ3) is 3.31. The highest BCUT2D eigenvalue weighted by Crippen LogP contribution is 2.49. The Balaban J connectivity index is 1.44. The number of carbonyl (C=O) groups excluding carboxylic acids is 2. The van der Waals surface area contributed by atoms with Crippen LogP contribution in [0.4, 0.5) is 0 Å². The summed E-state index contributed by atoms with van der Waals surface area (Å²) >= 11 is 0. The van der Waals surface area contributed by atoms with Crippen LogP contribution in [0.25, 0.3) is 10.9 Å². The fourth-order valence-corrected chi connectivity index (χ4v) is 5.95. The average molecular weight is 484 g/mol. The molecule has 0 unspecified atom stereocenters. The molecule has 2 aliphatic heterocycles. The van der Waals surface area contributed by atoms with Gasteiger partial charge in [0.15, 0.2) is 5.54 Å². The topological polar surface area (TPSA) is 83.5 Å². The standard InChI is InChI=1S/C28H29N5O3/c1-28-26-25(20-9-3-5-10-22(20)30-26)21(19-8-4-6-11-23(19)36-2)16-33(28)24(34)17-32(27(28)35)14-7-13-31-15-12-29-18-31/h3-6,8-12,15,18,21,30H,7,13-14,16-17H2,1-2H3/t21-,28-/m0/s1. The second kappa shape index (κ2) is 8.55. The van der Waals surface area contributed by atoms with Crippen molar-refractivity contribution < 1.29 is 14.3 Å². The molecule has 8 heteroatoms. The highest BCUT2D eigenvalue weighted by molar-refractivity contribution is 6.01. The van der Waals surface area contributed by atoms with E-state index in [0.29, 0.717) is 13.1 Å². The lowest BCUT2D eigenvalue weighted by Gasteiger charge is -2.51. The first-order valence-electron chi connectivity index (χ1n) is 12.3. The first-order valence-corrected chi connectivity index (χ1v) is 12.3. The Labute approximate surface area is 209 Å². The molecule has 0 spiro atoms. The monoisotopic (exact) mass is 483 g/mol. The summed E-state index contributed by atoms with van der Waals surface area (Å²) in [7, 11) is 1.67. The predicted molar refractivity (Wildman–Crippen MR) is 136 cm³/mol. The van der Waals surface area contributed by atoms with Crippen LogP contribution in [0, 0.1) is 0 Å². The van der Waals surface area contributed by atoms with Crippen molar-refractivity contribution >= 4 is 22.7 Å². The number of piperazine rings is 1. The fourth-order valence-electron chi connectivity index (χ4n) is 5.95. The van der Waals surface area contributed by atoms with E-state index in [-0.39, 0.29) is 24.3 Å².